The Hall–Kier alpha value is -2.21. The number of rotatable bonds is 2. The van der Waals surface area contributed by atoms with Gasteiger partial charge in [-0.25, -0.2) is 0 Å². The van der Waals surface area contributed by atoms with Crippen LogP contribution in [0.25, 0.3) is 0 Å². The van der Waals surface area contributed by atoms with E-state index in [1.807, 2.05) is 0 Å². The number of halogens is 3. The highest BCUT2D eigenvalue weighted by Gasteiger charge is 2.41. The van der Waals surface area contributed by atoms with Crippen LogP contribution in [0.3, 0.4) is 0 Å². The number of anilines is 3. The number of hydrogen-bond acceptors (Lipinski definition) is 3. The summed E-state index contributed by atoms with van der Waals surface area (Å²) in [7, 11) is 0. The molecular weight excluding hydrogens is 363 g/mol. The monoisotopic (exact) mass is 387 g/mol. The smallest absolute Gasteiger partial charge is 0.367 e. The van der Waals surface area contributed by atoms with Crippen molar-refractivity contribution in [3.05, 3.63) is 53.1 Å². The first kappa shape index (κ1) is 17.9. The summed E-state index contributed by atoms with van der Waals surface area (Å²) in [6, 6.07) is 10.3. The lowest BCUT2D eigenvalue weighted by molar-refractivity contribution is -0.137. The maximum absolute atomic E-state index is 13.0. The molecule has 0 unspecified atom stereocenters. The third-order valence-corrected chi connectivity index (χ3v) is 6.32. The van der Waals surface area contributed by atoms with Crippen LogP contribution < -0.4 is 15.5 Å². The standard InChI is InChI=1S/C22H24F3N3/c23-22(24,25)15-5-3-6-16(11-15)27-17-10-14-4-1-2-9-28-20-7-8-26-13-19(20)18(12-17)21(14)28/h3,5-6,10-12,19-20,26-27H,1-2,4,7-9,13H2/t19-,20-/m0/s1. The molecule has 0 saturated carbocycles. The Kier molecular flexibility index (Phi) is 4.27. The summed E-state index contributed by atoms with van der Waals surface area (Å²) >= 11 is 0. The highest BCUT2D eigenvalue weighted by Crippen LogP contribution is 2.48. The van der Waals surface area contributed by atoms with Crippen molar-refractivity contribution in [1.29, 1.82) is 0 Å². The van der Waals surface area contributed by atoms with Crippen LogP contribution in [-0.2, 0) is 12.6 Å². The number of aryl methyl sites for hydroxylation is 1. The molecule has 0 radical (unpaired) electrons. The van der Waals surface area contributed by atoms with Gasteiger partial charge in [0, 0.05) is 42.1 Å². The largest absolute Gasteiger partial charge is 0.416 e. The summed E-state index contributed by atoms with van der Waals surface area (Å²) in [6.45, 7) is 3.14. The van der Waals surface area contributed by atoms with E-state index in [2.05, 4.69) is 27.7 Å². The van der Waals surface area contributed by atoms with Gasteiger partial charge in [0.15, 0.2) is 0 Å². The molecule has 2 N–H and O–H groups in total. The molecule has 2 aromatic rings. The Bertz CT molecular complexity index is 893. The lowest BCUT2D eigenvalue weighted by Gasteiger charge is -2.33. The van der Waals surface area contributed by atoms with Crippen LogP contribution in [0.5, 0.6) is 0 Å². The molecule has 0 aromatic heterocycles. The lowest BCUT2D eigenvalue weighted by atomic mass is 9.88. The van der Waals surface area contributed by atoms with Gasteiger partial charge < -0.3 is 15.5 Å². The van der Waals surface area contributed by atoms with E-state index in [4.69, 9.17) is 0 Å². The van der Waals surface area contributed by atoms with Crippen LogP contribution in [0.4, 0.5) is 30.2 Å². The minimum Gasteiger partial charge on any atom is -0.367 e. The van der Waals surface area contributed by atoms with Crippen LogP contribution in [0.15, 0.2) is 36.4 Å². The van der Waals surface area contributed by atoms with Crippen LogP contribution in [0, 0.1) is 0 Å². The molecule has 3 aliphatic heterocycles. The van der Waals surface area contributed by atoms with Crippen molar-refractivity contribution < 1.29 is 13.2 Å². The van der Waals surface area contributed by atoms with Crippen molar-refractivity contribution >= 4 is 17.1 Å². The Labute approximate surface area is 162 Å². The van der Waals surface area contributed by atoms with Gasteiger partial charge in [0.2, 0.25) is 0 Å². The van der Waals surface area contributed by atoms with E-state index in [9.17, 15) is 13.2 Å². The lowest BCUT2D eigenvalue weighted by Crippen LogP contribution is -2.44. The molecule has 5 rings (SSSR count). The first-order valence-corrected chi connectivity index (χ1v) is 10.1. The van der Waals surface area contributed by atoms with Crippen LogP contribution in [-0.4, -0.2) is 25.7 Å². The summed E-state index contributed by atoms with van der Waals surface area (Å²) in [4.78, 5) is 2.61. The molecule has 0 aliphatic carbocycles. The number of piperidine rings is 1. The fraction of sp³-hybridized carbons (Fsp3) is 0.455. The summed E-state index contributed by atoms with van der Waals surface area (Å²) in [5.74, 6) is 0.462. The summed E-state index contributed by atoms with van der Waals surface area (Å²) in [6.07, 6.45) is 0.201. The fourth-order valence-electron chi connectivity index (χ4n) is 5.13. The van der Waals surface area contributed by atoms with Gasteiger partial charge in [0.25, 0.3) is 0 Å². The number of fused-ring (bicyclic) bond motifs is 3. The van der Waals surface area contributed by atoms with E-state index in [1.54, 1.807) is 6.07 Å². The van der Waals surface area contributed by atoms with E-state index in [-0.39, 0.29) is 0 Å². The molecule has 0 bridgehead atoms. The van der Waals surface area contributed by atoms with E-state index < -0.39 is 11.7 Å². The molecule has 3 heterocycles. The quantitative estimate of drug-likeness (QED) is 0.755. The maximum Gasteiger partial charge on any atom is 0.416 e. The van der Waals surface area contributed by atoms with Crippen LogP contribution >= 0.6 is 0 Å². The fourth-order valence-corrected chi connectivity index (χ4v) is 5.13. The number of alkyl halides is 3. The molecular formula is C22H24F3N3. The van der Waals surface area contributed by atoms with Gasteiger partial charge in [-0.05, 0) is 73.7 Å². The van der Waals surface area contributed by atoms with Crippen molar-refractivity contribution in [3.8, 4) is 0 Å². The molecule has 2 aromatic carbocycles. The molecule has 28 heavy (non-hydrogen) atoms. The van der Waals surface area contributed by atoms with Gasteiger partial charge in [-0.15, -0.1) is 0 Å². The van der Waals surface area contributed by atoms with E-state index in [0.717, 1.165) is 50.7 Å². The van der Waals surface area contributed by atoms with Crippen molar-refractivity contribution in [1.82, 2.24) is 5.32 Å². The van der Waals surface area contributed by atoms with Crippen molar-refractivity contribution in [2.24, 2.45) is 0 Å². The van der Waals surface area contributed by atoms with Gasteiger partial charge >= 0.3 is 6.18 Å². The third-order valence-electron chi connectivity index (χ3n) is 6.32. The first-order chi connectivity index (χ1) is 13.5. The predicted molar refractivity (Wildman–Crippen MR) is 105 cm³/mol. The molecule has 0 spiro atoms. The zero-order valence-electron chi connectivity index (χ0n) is 15.6. The second kappa shape index (κ2) is 6.69. The topological polar surface area (TPSA) is 27.3 Å². The molecule has 3 aliphatic rings. The summed E-state index contributed by atoms with van der Waals surface area (Å²) in [5.41, 5.74) is 4.82. The Morgan fingerprint density at radius 2 is 1.96 bits per heavy atom. The number of hydrogen-bond donors (Lipinski definition) is 2. The molecule has 1 fully saturated rings. The highest BCUT2D eigenvalue weighted by atomic mass is 19.4. The minimum absolute atomic E-state index is 0.462. The first-order valence-electron chi connectivity index (χ1n) is 10.1. The highest BCUT2D eigenvalue weighted by molar-refractivity contribution is 5.74. The molecule has 148 valence electrons. The minimum atomic E-state index is -4.33. The third kappa shape index (κ3) is 3.04. The zero-order chi connectivity index (χ0) is 19.3. The SMILES string of the molecule is FC(F)(F)c1cccc(Nc2cc3c4c(c2)[C@@H]2CNCC[C@@H]2N4CCCC3)c1. The summed E-state index contributed by atoms with van der Waals surface area (Å²) in [5, 5.41) is 6.76. The molecule has 3 nitrogen and oxygen atoms in total. The van der Waals surface area contributed by atoms with Crippen molar-refractivity contribution in [2.45, 2.75) is 43.8 Å². The number of nitrogens with one attached hydrogen (secondary N) is 2. The van der Waals surface area contributed by atoms with E-state index in [0.29, 0.717) is 17.6 Å². The second-order valence-corrected chi connectivity index (χ2v) is 8.09. The number of nitrogens with zero attached hydrogens (tertiary/aromatic N) is 1. The van der Waals surface area contributed by atoms with Gasteiger partial charge in [-0.2, -0.15) is 13.2 Å². The average Bonchev–Trinajstić information content (AvgIpc) is 2.83. The average molecular weight is 387 g/mol. The van der Waals surface area contributed by atoms with Crippen molar-refractivity contribution in [3.63, 3.8) is 0 Å². The van der Waals surface area contributed by atoms with Crippen molar-refractivity contribution in [2.75, 3.05) is 29.9 Å². The maximum atomic E-state index is 13.0. The Balaban J connectivity index is 1.52. The molecule has 2 atom stereocenters. The van der Waals surface area contributed by atoms with Gasteiger partial charge in [0.05, 0.1) is 5.56 Å². The second-order valence-electron chi connectivity index (χ2n) is 8.09. The predicted octanol–water partition coefficient (Wildman–Crippen LogP) is 5.05. The van der Waals surface area contributed by atoms with Crippen LogP contribution in [0.2, 0.25) is 0 Å². The Morgan fingerprint density at radius 3 is 2.82 bits per heavy atom. The van der Waals surface area contributed by atoms with E-state index >= 15 is 0 Å². The number of benzene rings is 2. The molecule has 1 saturated heterocycles. The van der Waals surface area contributed by atoms with Gasteiger partial charge in [-0.1, -0.05) is 6.07 Å². The molecule has 6 heteroatoms. The zero-order valence-corrected chi connectivity index (χ0v) is 15.6. The normalized spacial score (nSPS) is 23.8. The van der Waals surface area contributed by atoms with E-state index in [1.165, 1.54) is 35.4 Å². The Morgan fingerprint density at radius 1 is 1.07 bits per heavy atom. The molecule has 0 amide bonds. The van der Waals surface area contributed by atoms with Crippen LogP contribution in [0.1, 0.15) is 41.9 Å². The summed E-state index contributed by atoms with van der Waals surface area (Å²) < 4.78 is 39.1. The van der Waals surface area contributed by atoms with Gasteiger partial charge in [0.1, 0.15) is 0 Å². The van der Waals surface area contributed by atoms with Gasteiger partial charge in [-0.3, -0.25) is 0 Å².